The molecule has 0 bridgehead atoms. The van der Waals surface area contributed by atoms with Crippen molar-refractivity contribution in [1.82, 2.24) is 15.1 Å². The molecule has 9 nitrogen and oxygen atoms in total. The highest BCUT2D eigenvalue weighted by molar-refractivity contribution is 6.00. The summed E-state index contributed by atoms with van der Waals surface area (Å²) in [6, 6.07) is 0. The smallest absolute Gasteiger partial charge is 0.362 e. The lowest BCUT2D eigenvalue weighted by atomic mass is 10.3. The Morgan fingerprint density at radius 2 is 2.00 bits per heavy atom. The predicted octanol–water partition coefficient (Wildman–Crippen LogP) is 0.163. The van der Waals surface area contributed by atoms with Gasteiger partial charge in [0.1, 0.15) is 0 Å². The van der Waals surface area contributed by atoms with Gasteiger partial charge in [0.15, 0.2) is 17.0 Å². The quantitative estimate of drug-likeness (QED) is 0.771. The van der Waals surface area contributed by atoms with Crippen LogP contribution in [0.2, 0.25) is 0 Å². The Kier molecular flexibility index (Phi) is 3.27. The first-order chi connectivity index (χ1) is 9.08. The average molecular weight is 266 g/mol. The summed E-state index contributed by atoms with van der Waals surface area (Å²) < 4.78 is 14.1. The van der Waals surface area contributed by atoms with Gasteiger partial charge in [0.25, 0.3) is 5.71 Å². The number of rotatable bonds is 3. The van der Waals surface area contributed by atoms with E-state index in [9.17, 15) is 9.59 Å². The molecule has 2 aromatic heterocycles. The van der Waals surface area contributed by atoms with Gasteiger partial charge in [-0.05, 0) is 6.92 Å². The summed E-state index contributed by atoms with van der Waals surface area (Å²) >= 11 is 0. The van der Waals surface area contributed by atoms with E-state index in [4.69, 9.17) is 15.0 Å². The van der Waals surface area contributed by atoms with Gasteiger partial charge in [-0.15, -0.1) is 0 Å². The van der Waals surface area contributed by atoms with Crippen LogP contribution >= 0.6 is 0 Å². The van der Waals surface area contributed by atoms with Crippen molar-refractivity contribution < 1.29 is 23.6 Å². The van der Waals surface area contributed by atoms with Crippen molar-refractivity contribution in [3.63, 3.8) is 0 Å². The molecule has 2 heterocycles. The lowest BCUT2D eigenvalue weighted by Crippen LogP contribution is -2.11. The molecular formula is C10H10N4O5. The number of hydrogen-bond acceptors (Lipinski definition) is 9. The van der Waals surface area contributed by atoms with Gasteiger partial charge in [0, 0.05) is 0 Å². The molecular weight excluding hydrogens is 256 g/mol. The zero-order chi connectivity index (χ0) is 14.0. The van der Waals surface area contributed by atoms with E-state index < -0.39 is 11.9 Å². The molecule has 9 heteroatoms. The molecule has 0 spiro atoms. The number of hydrogen-bond donors (Lipinski definition) is 1. The molecule has 2 aromatic rings. The van der Waals surface area contributed by atoms with Gasteiger partial charge in [-0.25, -0.2) is 14.6 Å². The molecule has 0 fully saturated rings. The Balaban J connectivity index is 2.54. The fraction of sp³-hybridized carbons (Fsp3) is 0.300. The number of ether oxygens (including phenoxy) is 2. The molecule has 0 atom stereocenters. The Morgan fingerprint density at radius 3 is 2.63 bits per heavy atom. The fourth-order valence-electron chi connectivity index (χ4n) is 1.36. The van der Waals surface area contributed by atoms with Crippen LogP contribution < -0.4 is 5.73 Å². The van der Waals surface area contributed by atoms with Gasteiger partial charge in [-0.1, -0.05) is 5.16 Å². The van der Waals surface area contributed by atoms with E-state index in [1.807, 2.05) is 0 Å². The van der Waals surface area contributed by atoms with E-state index >= 15 is 0 Å². The SMILES string of the molecule is CCOC(=O)c1noc2nc(C(=O)OC)c(N)nc12. The van der Waals surface area contributed by atoms with Crippen molar-refractivity contribution >= 4 is 29.0 Å². The second kappa shape index (κ2) is 4.88. The standard InChI is InChI=1S/C10H10N4O5/c1-3-18-10(16)5-4-8(19-14-5)13-6(7(11)12-4)9(15)17-2/h3H2,1-2H3,(H2,11,12). The number of methoxy groups -OCH3 is 1. The van der Waals surface area contributed by atoms with Gasteiger partial charge in [-0.2, -0.15) is 4.98 Å². The summed E-state index contributed by atoms with van der Waals surface area (Å²) in [6.45, 7) is 1.83. The molecule has 0 unspecified atom stereocenters. The van der Waals surface area contributed by atoms with Crippen molar-refractivity contribution in [3.05, 3.63) is 11.4 Å². The highest BCUT2D eigenvalue weighted by Crippen LogP contribution is 2.19. The molecule has 2 rings (SSSR count). The number of aromatic nitrogens is 3. The molecule has 100 valence electrons. The van der Waals surface area contributed by atoms with Crippen LogP contribution in [-0.2, 0) is 9.47 Å². The Labute approximate surface area is 106 Å². The summed E-state index contributed by atoms with van der Waals surface area (Å²) in [5.74, 6) is -1.66. The van der Waals surface area contributed by atoms with Gasteiger partial charge in [0.05, 0.1) is 13.7 Å². The molecule has 0 aliphatic heterocycles. The number of nitrogens with zero attached hydrogens (tertiary/aromatic N) is 3. The number of fused-ring (bicyclic) bond motifs is 1. The molecule has 0 aliphatic carbocycles. The van der Waals surface area contributed by atoms with Crippen LogP contribution in [0.15, 0.2) is 4.52 Å². The third kappa shape index (κ3) is 2.17. The van der Waals surface area contributed by atoms with E-state index in [2.05, 4.69) is 19.9 Å². The zero-order valence-corrected chi connectivity index (χ0v) is 10.2. The second-order valence-corrected chi connectivity index (χ2v) is 3.35. The molecule has 0 amide bonds. The van der Waals surface area contributed by atoms with Gasteiger partial charge >= 0.3 is 11.9 Å². The molecule has 0 saturated heterocycles. The van der Waals surface area contributed by atoms with Crippen LogP contribution in [0.25, 0.3) is 11.2 Å². The predicted molar refractivity (Wildman–Crippen MR) is 61.3 cm³/mol. The molecule has 0 radical (unpaired) electrons. The molecule has 19 heavy (non-hydrogen) atoms. The summed E-state index contributed by atoms with van der Waals surface area (Å²) in [6.07, 6.45) is 0. The maximum absolute atomic E-state index is 11.6. The van der Waals surface area contributed by atoms with Crippen molar-refractivity contribution in [1.29, 1.82) is 0 Å². The second-order valence-electron chi connectivity index (χ2n) is 3.35. The highest BCUT2D eigenvalue weighted by atomic mass is 16.5. The van der Waals surface area contributed by atoms with Crippen molar-refractivity contribution in [3.8, 4) is 0 Å². The normalized spacial score (nSPS) is 10.4. The third-order valence-corrected chi connectivity index (χ3v) is 2.19. The molecule has 0 saturated carbocycles. The van der Waals surface area contributed by atoms with Crippen LogP contribution in [0.4, 0.5) is 5.82 Å². The number of nitrogen functional groups attached to an aromatic ring is 1. The summed E-state index contributed by atoms with van der Waals surface area (Å²) in [7, 11) is 1.18. The third-order valence-electron chi connectivity index (χ3n) is 2.19. The Bertz CT molecular complexity index is 651. The monoisotopic (exact) mass is 266 g/mol. The lowest BCUT2D eigenvalue weighted by Gasteiger charge is -2.01. The van der Waals surface area contributed by atoms with Crippen molar-refractivity contribution in [2.24, 2.45) is 0 Å². The van der Waals surface area contributed by atoms with Crippen molar-refractivity contribution in [2.75, 3.05) is 19.5 Å². The number of carbonyl (C=O) groups excluding carboxylic acids is 2. The molecule has 2 N–H and O–H groups in total. The maximum Gasteiger partial charge on any atom is 0.362 e. The van der Waals surface area contributed by atoms with Gasteiger partial charge in [0.2, 0.25) is 5.69 Å². The maximum atomic E-state index is 11.6. The minimum absolute atomic E-state index is 0.0311. The van der Waals surface area contributed by atoms with Crippen LogP contribution in [0.5, 0.6) is 0 Å². The van der Waals surface area contributed by atoms with E-state index in [1.165, 1.54) is 7.11 Å². The number of nitrogens with two attached hydrogens (primary N) is 1. The van der Waals surface area contributed by atoms with Gasteiger partial charge in [-0.3, -0.25) is 0 Å². The van der Waals surface area contributed by atoms with E-state index in [0.717, 1.165) is 0 Å². The Morgan fingerprint density at radius 1 is 1.26 bits per heavy atom. The van der Waals surface area contributed by atoms with Crippen LogP contribution in [0, 0.1) is 0 Å². The minimum atomic E-state index is -0.763. The minimum Gasteiger partial charge on any atom is -0.464 e. The largest absolute Gasteiger partial charge is 0.464 e. The zero-order valence-electron chi connectivity index (χ0n) is 10.2. The molecule has 0 aliphatic rings. The number of esters is 2. The van der Waals surface area contributed by atoms with Gasteiger partial charge < -0.3 is 19.7 Å². The van der Waals surface area contributed by atoms with Crippen LogP contribution in [-0.4, -0.2) is 40.8 Å². The number of anilines is 1. The van der Waals surface area contributed by atoms with E-state index in [-0.39, 0.29) is 35.0 Å². The summed E-state index contributed by atoms with van der Waals surface area (Å²) in [4.78, 5) is 30.6. The first-order valence-corrected chi connectivity index (χ1v) is 5.26. The first kappa shape index (κ1) is 12.7. The van der Waals surface area contributed by atoms with Crippen LogP contribution in [0.1, 0.15) is 27.9 Å². The highest BCUT2D eigenvalue weighted by Gasteiger charge is 2.23. The first-order valence-electron chi connectivity index (χ1n) is 5.26. The van der Waals surface area contributed by atoms with E-state index in [0.29, 0.717) is 0 Å². The summed E-state index contributed by atoms with van der Waals surface area (Å²) in [5, 5.41) is 3.50. The van der Waals surface area contributed by atoms with Crippen molar-refractivity contribution in [2.45, 2.75) is 6.92 Å². The number of carbonyl (C=O) groups is 2. The van der Waals surface area contributed by atoms with E-state index in [1.54, 1.807) is 6.92 Å². The fourth-order valence-corrected chi connectivity index (χ4v) is 1.36. The topological polar surface area (TPSA) is 130 Å². The van der Waals surface area contributed by atoms with Crippen LogP contribution in [0.3, 0.4) is 0 Å². The summed E-state index contributed by atoms with van der Waals surface area (Å²) in [5.41, 5.74) is 5.15. The molecule has 0 aromatic carbocycles. The lowest BCUT2D eigenvalue weighted by molar-refractivity contribution is 0.0515. The average Bonchev–Trinajstić information content (AvgIpc) is 2.80. The Hall–Kier alpha value is -2.71.